The van der Waals surface area contributed by atoms with Crippen LogP contribution in [0.5, 0.6) is 5.75 Å². The molecule has 1 fully saturated rings. The standard InChI is InChI=1S/C14H18N2O5/c1-14(7-2-8-20-10-14)15-13(17)9-21-12-5-3-11(4-6-12)16(18)19/h3-6H,2,7-10H2,1H3,(H,15,17)/t14-/m0/s1. The second-order valence-electron chi connectivity index (χ2n) is 5.30. The third kappa shape index (κ3) is 4.42. The van der Waals surface area contributed by atoms with Gasteiger partial charge in [-0.05, 0) is 31.9 Å². The SMILES string of the molecule is C[C@]1(NC(=O)COc2ccc([N+](=O)[O-])cc2)CCCOC1. The van der Waals surface area contributed by atoms with Crippen molar-refractivity contribution in [1.29, 1.82) is 0 Å². The van der Waals surface area contributed by atoms with Gasteiger partial charge >= 0.3 is 0 Å². The van der Waals surface area contributed by atoms with Gasteiger partial charge in [0.1, 0.15) is 5.75 Å². The minimum Gasteiger partial charge on any atom is -0.484 e. The number of nitro groups is 1. The lowest BCUT2D eigenvalue weighted by molar-refractivity contribution is -0.384. The molecular weight excluding hydrogens is 276 g/mol. The van der Waals surface area contributed by atoms with E-state index < -0.39 is 4.92 Å². The Morgan fingerprint density at radius 2 is 2.19 bits per heavy atom. The van der Waals surface area contributed by atoms with E-state index in [2.05, 4.69) is 5.32 Å². The van der Waals surface area contributed by atoms with Crippen LogP contribution < -0.4 is 10.1 Å². The van der Waals surface area contributed by atoms with Crippen LogP contribution in [0.3, 0.4) is 0 Å². The van der Waals surface area contributed by atoms with Crippen molar-refractivity contribution in [2.45, 2.75) is 25.3 Å². The third-order valence-electron chi connectivity index (χ3n) is 3.30. The fourth-order valence-electron chi connectivity index (χ4n) is 2.22. The molecule has 0 aliphatic carbocycles. The van der Waals surface area contributed by atoms with Gasteiger partial charge in [0.25, 0.3) is 11.6 Å². The Hall–Kier alpha value is -2.15. The summed E-state index contributed by atoms with van der Waals surface area (Å²) in [5.41, 5.74) is -0.368. The fraction of sp³-hybridized carbons (Fsp3) is 0.500. The molecule has 1 aliphatic rings. The molecule has 21 heavy (non-hydrogen) atoms. The molecular formula is C14H18N2O5. The molecule has 1 atom stereocenters. The number of hydrogen-bond acceptors (Lipinski definition) is 5. The minimum atomic E-state index is -0.486. The zero-order valence-corrected chi connectivity index (χ0v) is 11.8. The van der Waals surface area contributed by atoms with Gasteiger partial charge in [-0.25, -0.2) is 0 Å². The van der Waals surface area contributed by atoms with E-state index in [0.717, 1.165) is 19.4 Å². The van der Waals surface area contributed by atoms with E-state index in [1.54, 1.807) is 0 Å². The van der Waals surface area contributed by atoms with Crippen molar-refractivity contribution >= 4 is 11.6 Å². The molecule has 1 aliphatic heterocycles. The second-order valence-corrected chi connectivity index (χ2v) is 5.30. The first-order valence-electron chi connectivity index (χ1n) is 6.75. The molecule has 2 rings (SSSR count). The maximum absolute atomic E-state index is 11.9. The van der Waals surface area contributed by atoms with E-state index in [1.807, 2.05) is 6.92 Å². The highest BCUT2D eigenvalue weighted by Crippen LogP contribution is 2.19. The van der Waals surface area contributed by atoms with Crippen LogP contribution in [0.4, 0.5) is 5.69 Å². The molecule has 0 aromatic heterocycles. The summed E-state index contributed by atoms with van der Waals surface area (Å²) in [6.45, 7) is 3.03. The maximum Gasteiger partial charge on any atom is 0.269 e. The number of carbonyl (C=O) groups excluding carboxylic acids is 1. The van der Waals surface area contributed by atoms with Crippen molar-refractivity contribution in [3.63, 3.8) is 0 Å². The first-order chi connectivity index (χ1) is 9.98. The number of rotatable bonds is 5. The Morgan fingerprint density at radius 3 is 2.76 bits per heavy atom. The lowest BCUT2D eigenvalue weighted by Crippen LogP contribution is -2.52. The first kappa shape index (κ1) is 15.2. The van der Waals surface area contributed by atoms with Gasteiger partial charge in [-0.2, -0.15) is 0 Å². The summed E-state index contributed by atoms with van der Waals surface area (Å²) in [5, 5.41) is 13.4. The molecule has 1 saturated heterocycles. The minimum absolute atomic E-state index is 0.0151. The Labute approximate surface area is 122 Å². The summed E-state index contributed by atoms with van der Waals surface area (Å²) in [7, 11) is 0. The second kappa shape index (κ2) is 6.53. The highest BCUT2D eigenvalue weighted by molar-refractivity contribution is 5.78. The molecule has 0 spiro atoms. The highest BCUT2D eigenvalue weighted by atomic mass is 16.6. The van der Waals surface area contributed by atoms with Crippen molar-refractivity contribution in [2.75, 3.05) is 19.8 Å². The van der Waals surface area contributed by atoms with Gasteiger partial charge in [0.15, 0.2) is 6.61 Å². The predicted molar refractivity (Wildman–Crippen MR) is 75.2 cm³/mol. The average Bonchev–Trinajstić information content (AvgIpc) is 2.46. The summed E-state index contributed by atoms with van der Waals surface area (Å²) < 4.78 is 10.7. The molecule has 0 radical (unpaired) electrons. The van der Waals surface area contributed by atoms with Crippen LogP contribution in [0.15, 0.2) is 24.3 Å². The summed E-state index contributed by atoms with van der Waals surface area (Å²) >= 11 is 0. The lowest BCUT2D eigenvalue weighted by Gasteiger charge is -2.34. The Morgan fingerprint density at radius 1 is 1.48 bits per heavy atom. The van der Waals surface area contributed by atoms with Gasteiger partial charge in [-0.15, -0.1) is 0 Å². The fourth-order valence-corrected chi connectivity index (χ4v) is 2.22. The van der Waals surface area contributed by atoms with Crippen LogP contribution in [0.2, 0.25) is 0 Å². The number of carbonyl (C=O) groups is 1. The molecule has 1 aromatic rings. The van der Waals surface area contributed by atoms with Gasteiger partial charge in [-0.3, -0.25) is 14.9 Å². The molecule has 1 heterocycles. The molecule has 0 saturated carbocycles. The third-order valence-corrected chi connectivity index (χ3v) is 3.30. The van der Waals surface area contributed by atoms with Crippen LogP contribution in [0.25, 0.3) is 0 Å². The number of amides is 1. The number of non-ortho nitro benzene ring substituents is 1. The van der Waals surface area contributed by atoms with E-state index in [0.29, 0.717) is 12.4 Å². The van der Waals surface area contributed by atoms with Gasteiger partial charge in [0, 0.05) is 18.7 Å². The van der Waals surface area contributed by atoms with Gasteiger partial charge in [0.05, 0.1) is 17.1 Å². The predicted octanol–water partition coefficient (Wildman–Crippen LogP) is 1.66. The Balaban J connectivity index is 1.82. The highest BCUT2D eigenvalue weighted by Gasteiger charge is 2.29. The van der Waals surface area contributed by atoms with Crippen molar-refractivity contribution in [2.24, 2.45) is 0 Å². The normalized spacial score (nSPS) is 21.6. The summed E-state index contributed by atoms with van der Waals surface area (Å²) in [4.78, 5) is 21.9. The molecule has 1 N–H and O–H groups in total. The monoisotopic (exact) mass is 294 g/mol. The topological polar surface area (TPSA) is 90.7 Å². The van der Waals surface area contributed by atoms with Crippen LogP contribution in [-0.2, 0) is 9.53 Å². The van der Waals surface area contributed by atoms with Crippen LogP contribution in [-0.4, -0.2) is 36.2 Å². The van der Waals surface area contributed by atoms with Crippen LogP contribution in [0.1, 0.15) is 19.8 Å². The number of benzene rings is 1. The summed E-state index contributed by atoms with van der Waals surface area (Å²) in [6, 6.07) is 5.61. The zero-order chi connectivity index (χ0) is 15.3. The molecule has 114 valence electrons. The van der Waals surface area contributed by atoms with Crippen molar-refractivity contribution in [1.82, 2.24) is 5.32 Å². The first-order valence-corrected chi connectivity index (χ1v) is 6.75. The Bertz CT molecular complexity index is 509. The molecule has 7 heteroatoms. The van der Waals surface area contributed by atoms with Gasteiger partial charge in [0.2, 0.25) is 0 Å². The van der Waals surface area contributed by atoms with E-state index >= 15 is 0 Å². The number of nitro benzene ring substituents is 1. The van der Waals surface area contributed by atoms with Crippen LogP contribution >= 0.6 is 0 Å². The number of nitrogens with one attached hydrogen (secondary N) is 1. The van der Waals surface area contributed by atoms with Gasteiger partial charge in [-0.1, -0.05) is 0 Å². The molecule has 0 bridgehead atoms. The van der Waals surface area contributed by atoms with E-state index in [-0.39, 0.29) is 23.7 Å². The molecule has 1 aromatic carbocycles. The van der Waals surface area contributed by atoms with Crippen molar-refractivity contribution in [3.8, 4) is 5.75 Å². The van der Waals surface area contributed by atoms with Crippen molar-refractivity contribution < 1.29 is 19.2 Å². The quantitative estimate of drug-likeness (QED) is 0.658. The van der Waals surface area contributed by atoms with E-state index in [9.17, 15) is 14.9 Å². The van der Waals surface area contributed by atoms with Gasteiger partial charge < -0.3 is 14.8 Å². The number of hydrogen-bond donors (Lipinski definition) is 1. The smallest absolute Gasteiger partial charge is 0.269 e. The zero-order valence-electron chi connectivity index (χ0n) is 11.8. The summed E-state index contributed by atoms with van der Waals surface area (Å²) in [5.74, 6) is 0.183. The number of ether oxygens (including phenoxy) is 2. The lowest BCUT2D eigenvalue weighted by atomic mass is 9.95. The summed E-state index contributed by atoms with van der Waals surface area (Å²) in [6.07, 6.45) is 1.79. The molecule has 0 unspecified atom stereocenters. The molecule has 7 nitrogen and oxygen atoms in total. The number of nitrogens with zero attached hydrogens (tertiary/aromatic N) is 1. The Kier molecular flexibility index (Phi) is 4.74. The largest absolute Gasteiger partial charge is 0.484 e. The van der Waals surface area contributed by atoms with Crippen molar-refractivity contribution in [3.05, 3.63) is 34.4 Å². The van der Waals surface area contributed by atoms with E-state index in [4.69, 9.17) is 9.47 Å². The molecule has 1 amide bonds. The van der Waals surface area contributed by atoms with E-state index in [1.165, 1.54) is 24.3 Å². The maximum atomic E-state index is 11.9. The average molecular weight is 294 g/mol. The van der Waals surface area contributed by atoms with Crippen LogP contribution in [0, 0.1) is 10.1 Å².